The number of hydrogen-bond donors (Lipinski definition) is 1. The lowest BCUT2D eigenvalue weighted by Crippen LogP contribution is -2.29. The maximum Gasteiger partial charge on any atom is 0.164 e. The van der Waals surface area contributed by atoms with Crippen LogP contribution in [0.5, 0.6) is 0 Å². The van der Waals surface area contributed by atoms with Crippen LogP contribution in [0.3, 0.4) is 0 Å². The first-order valence-electron chi connectivity index (χ1n) is 11.3. The van der Waals surface area contributed by atoms with Crippen molar-refractivity contribution in [1.82, 2.24) is 19.5 Å². The Kier molecular flexibility index (Phi) is 4.65. The molecule has 2 aliphatic heterocycles. The number of nitrogen functional groups attached to an aromatic ring is 1. The minimum Gasteiger partial charge on any atom is -0.383 e. The molecule has 5 heterocycles. The molecule has 0 aliphatic carbocycles. The first-order valence-corrected chi connectivity index (χ1v) is 11.3. The van der Waals surface area contributed by atoms with Gasteiger partial charge in [0.1, 0.15) is 30.0 Å². The number of ether oxygens (including phenoxy) is 3. The second-order valence-corrected chi connectivity index (χ2v) is 9.43. The molecule has 8 heteroatoms. The molecular weight excluding hydrogens is 418 g/mol. The molecule has 0 spiro atoms. The highest BCUT2D eigenvalue weighted by molar-refractivity contribution is 5.86. The van der Waals surface area contributed by atoms with Crippen molar-refractivity contribution in [2.24, 2.45) is 0 Å². The highest BCUT2D eigenvalue weighted by Gasteiger charge is 2.55. The quantitative estimate of drug-likeness (QED) is 0.508. The zero-order valence-electron chi connectivity index (χ0n) is 18.9. The van der Waals surface area contributed by atoms with Crippen molar-refractivity contribution in [3.63, 3.8) is 0 Å². The van der Waals surface area contributed by atoms with E-state index < -0.39 is 5.79 Å². The van der Waals surface area contributed by atoms with E-state index in [1.165, 1.54) is 11.9 Å². The van der Waals surface area contributed by atoms with Crippen LogP contribution in [0.1, 0.15) is 37.6 Å². The van der Waals surface area contributed by atoms with Gasteiger partial charge < -0.3 is 24.5 Å². The maximum absolute atomic E-state index is 6.54. The molecule has 6 rings (SSSR count). The minimum atomic E-state index is -0.669. The molecule has 3 aromatic heterocycles. The third kappa shape index (κ3) is 3.55. The molecule has 0 bridgehead atoms. The second kappa shape index (κ2) is 7.48. The lowest BCUT2D eigenvalue weighted by atomic mass is 10.0. The van der Waals surface area contributed by atoms with Crippen molar-refractivity contribution in [2.45, 2.75) is 63.9 Å². The fourth-order valence-electron chi connectivity index (χ4n) is 5.05. The zero-order chi connectivity index (χ0) is 22.7. The summed E-state index contributed by atoms with van der Waals surface area (Å²) in [6.45, 7) is 5.96. The van der Waals surface area contributed by atoms with E-state index >= 15 is 0 Å². The Morgan fingerprint density at radius 3 is 2.79 bits per heavy atom. The van der Waals surface area contributed by atoms with Gasteiger partial charge in [-0.15, -0.1) is 0 Å². The van der Waals surface area contributed by atoms with Gasteiger partial charge in [0.2, 0.25) is 0 Å². The molecule has 2 fully saturated rings. The van der Waals surface area contributed by atoms with Gasteiger partial charge in [0.05, 0.1) is 17.0 Å². The van der Waals surface area contributed by atoms with Gasteiger partial charge in [0.15, 0.2) is 12.0 Å². The summed E-state index contributed by atoms with van der Waals surface area (Å²) < 4.78 is 21.1. The molecule has 1 unspecified atom stereocenters. The summed E-state index contributed by atoms with van der Waals surface area (Å²) in [6, 6.07) is 10.5. The van der Waals surface area contributed by atoms with Crippen molar-refractivity contribution in [2.75, 3.05) is 5.73 Å². The van der Waals surface area contributed by atoms with Gasteiger partial charge in [-0.05, 0) is 62.9 Å². The van der Waals surface area contributed by atoms with E-state index in [1.54, 1.807) is 0 Å². The molecule has 170 valence electrons. The van der Waals surface area contributed by atoms with Crippen LogP contribution in [0.2, 0.25) is 0 Å². The third-order valence-corrected chi connectivity index (χ3v) is 6.54. The van der Waals surface area contributed by atoms with E-state index in [4.69, 9.17) is 19.9 Å². The molecule has 1 aromatic carbocycles. The van der Waals surface area contributed by atoms with E-state index in [2.05, 4.69) is 46.1 Å². The summed E-state index contributed by atoms with van der Waals surface area (Å²) in [5.41, 5.74) is 10.2. The van der Waals surface area contributed by atoms with E-state index in [0.29, 0.717) is 5.82 Å². The number of anilines is 1. The molecule has 8 nitrogen and oxygen atoms in total. The van der Waals surface area contributed by atoms with Crippen LogP contribution >= 0.6 is 0 Å². The number of hydrogen-bond acceptors (Lipinski definition) is 7. The zero-order valence-corrected chi connectivity index (χ0v) is 18.9. The van der Waals surface area contributed by atoms with Crippen molar-refractivity contribution in [3.8, 4) is 0 Å². The summed E-state index contributed by atoms with van der Waals surface area (Å²) in [6.07, 6.45) is 6.12. The normalized spacial score (nSPS) is 26.3. The number of aryl methyl sites for hydroxylation is 2. The lowest BCUT2D eigenvalue weighted by Gasteiger charge is -2.25. The number of rotatable bonds is 4. The predicted octanol–water partition coefficient (Wildman–Crippen LogP) is 3.92. The van der Waals surface area contributed by atoms with Crippen molar-refractivity contribution in [3.05, 3.63) is 60.2 Å². The Labute approximate surface area is 191 Å². The predicted molar refractivity (Wildman–Crippen MR) is 124 cm³/mol. The fourth-order valence-corrected chi connectivity index (χ4v) is 5.05. The van der Waals surface area contributed by atoms with Crippen molar-refractivity contribution in [1.29, 1.82) is 0 Å². The Hall–Kier alpha value is -3.07. The number of pyridine rings is 1. The van der Waals surface area contributed by atoms with Crippen LogP contribution in [0.25, 0.3) is 21.9 Å². The van der Waals surface area contributed by atoms with E-state index in [1.807, 2.05) is 36.9 Å². The first-order chi connectivity index (χ1) is 15.9. The molecule has 2 N–H and O–H groups in total. The van der Waals surface area contributed by atoms with Crippen LogP contribution in [-0.4, -0.2) is 43.6 Å². The summed E-state index contributed by atoms with van der Waals surface area (Å²) in [7, 11) is 0. The Balaban J connectivity index is 1.27. The molecule has 4 atom stereocenters. The number of nitrogens with zero attached hydrogens (tertiary/aromatic N) is 4. The Morgan fingerprint density at radius 2 is 1.91 bits per heavy atom. The summed E-state index contributed by atoms with van der Waals surface area (Å²) >= 11 is 0. The average Bonchev–Trinajstić information content (AvgIpc) is 3.44. The van der Waals surface area contributed by atoms with Gasteiger partial charge in [-0.2, -0.15) is 0 Å². The van der Waals surface area contributed by atoms with Gasteiger partial charge in [-0.25, -0.2) is 9.97 Å². The van der Waals surface area contributed by atoms with Crippen molar-refractivity contribution >= 4 is 27.8 Å². The topological polar surface area (TPSA) is 97.3 Å². The lowest BCUT2D eigenvalue weighted by molar-refractivity contribution is -0.196. The van der Waals surface area contributed by atoms with Crippen LogP contribution in [-0.2, 0) is 20.6 Å². The number of nitrogens with two attached hydrogens (primary N) is 1. The third-order valence-electron chi connectivity index (χ3n) is 6.54. The van der Waals surface area contributed by atoms with E-state index in [0.717, 1.165) is 40.3 Å². The minimum absolute atomic E-state index is 0.111. The summed E-state index contributed by atoms with van der Waals surface area (Å²) in [4.78, 5) is 13.1. The van der Waals surface area contributed by atoms with Crippen LogP contribution < -0.4 is 5.73 Å². The highest BCUT2D eigenvalue weighted by atomic mass is 16.8. The number of fused-ring (bicyclic) bond motifs is 3. The maximum atomic E-state index is 6.54. The molecule has 0 radical (unpaired) electrons. The molecule has 33 heavy (non-hydrogen) atoms. The number of aromatic nitrogens is 4. The molecule has 4 aromatic rings. The van der Waals surface area contributed by atoms with Crippen molar-refractivity contribution < 1.29 is 14.2 Å². The van der Waals surface area contributed by atoms with Crippen LogP contribution in [0, 0.1) is 6.92 Å². The molecule has 2 aliphatic rings. The van der Waals surface area contributed by atoms with Gasteiger partial charge in [0, 0.05) is 17.8 Å². The summed E-state index contributed by atoms with van der Waals surface area (Å²) in [5, 5.41) is 1.96. The molecule has 0 saturated carbocycles. The standard InChI is InChI=1S/C25H27N5O3/c1-14-10-16-6-4-15(11-18(16)27-12-14)5-7-19-20-21(33-25(2,3)32-20)24(31-19)30-9-8-17-22(26)28-13-29-23(17)30/h4,6,8-13,19-21,24H,5,7H2,1-3H3,(H2,26,28,29)/t19?,20-,21-,24-/m1/s1. The Bertz CT molecular complexity index is 1350. The van der Waals surface area contributed by atoms with Gasteiger partial charge in [-0.1, -0.05) is 12.1 Å². The number of benzene rings is 1. The van der Waals surface area contributed by atoms with Crippen LogP contribution in [0.15, 0.2) is 49.1 Å². The van der Waals surface area contributed by atoms with Crippen LogP contribution in [0.4, 0.5) is 5.82 Å². The molecule has 2 saturated heterocycles. The van der Waals surface area contributed by atoms with Gasteiger partial charge in [-0.3, -0.25) is 4.98 Å². The van der Waals surface area contributed by atoms with Gasteiger partial charge in [0.25, 0.3) is 0 Å². The Morgan fingerprint density at radius 1 is 1.06 bits per heavy atom. The van der Waals surface area contributed by atoms with Gasteiger partial charge >= 0.3 is 0 Å². The SMILES string of the molecule is Cc1cnc2cc(CCC3O[C@@H](n4ccc5c(N)ncnc54)[C@@H]4OC(C)(C)O[C@H]34)ccc2c1. The van der Waals surface area contributed by atoms with E-state index in [-0.39, 0.29) is 24.5 Å². The highest BCUT2D eigenvalue weighted by Crippen LogP contribution is 2.45. The average molecular weight is 446 g/mol. The molecular formula is C25H27N5O3. The second-order valence-electron chi connectivity index (χ2n) is 9.43. The smallest absolute Gasteiger partial charge is 0.164 e. The molecule has 0 amide bonds. The van der Waals surface area contributed by atoms with E-state index in [9.17, 15) is 0 Å². The monoisotopic (exact) mass is 445 g/mol. The summed E-state index contributed by atoms with van der Waals surface area (Å²) in [5.74, 6) is -0.217. The first kappa shape index (κ1) is 20.5. The largest absolute Gasteiger partial charge is 0.383 e. The fraction of sp³-hybridized carbons (Fsp3) is 0.400.